The molecule has 1 saturated heterocycles. The fourth-order valence-corrected chi connectivity index (χ4v) is 3.05. The molecule has 0 aliphatic carbocycles. The molecule has 0 spiro atoms. The predicted molar refractivity (Wildman–Crippen MR) is 84.8 cm³/mol. The molecule has 3 atom stereocenters. The lowest BCUT2D eigenvalue weighted by molar-refractivity contribution is -0.145. The first-order chi connectivity index (χ1) is 10.4. The van der Waals surface area contributed by atoms with Gasteiger partial charge in [-0.3, -0.25) is 10.1 Å². The molecule has 1 amide bonds. The van der Waals surface area contributed by atoms with Gasteiger partial charge in [-0.25, -0.2) is 4.98 Å². The van der Waals surface area contributed by atoms with Crippen LogP contribution >= 0.6 is 15.9 Å². The first-order valence-corrected chi connectivity index (χ1v) is 8.21. The zero-order valence-corrected chi connectivity index (χ0v) is 14.6. The summed E-state index contributed by atoms with van der Waals surface area (Å²) in [5, 5.41) is 12.4. The van der Waals surface area contributed by atoms with Gasteiger partial charge in [0.1, 0.15) is 10.4 Å². The molecular formula is C14H23BrN4O3. The number of nitrogens with one attached hydrogen (secondary N) is 2. The van der Waals surface area contributed by atoms with Crippen LogP contribution in [0.4, 0.5) is 0 Å². The van der Waals surface area contributed by atoms with E-state index in [2.05, 4.69) is 31.2 Å². The van der Waals surface area contributed by atoms with Crippen LogP contribution in [0.15, 0.2) is 10.8 Å². The molecule has 1 fully saturated rings. The number of H-pyrrole nitrogens is 1. The number of rotatable bonds is 6. The largest absolute Gasteiger partial charge is 0.356 e. The SMILES string of the molecule is COC(O)N[C@H](C(=O)N1CCC[C@H]1c1ncc(Br)[nH]1)C(C)C. The number of aromatic amines is 1. The Morgan fingerprint density at radius 1 is 1.64 bits per heavy atom. The van der Waals surface area contributed by atoms with Gasteiger partial charge < -0.3 is 19.7 Å². The summed E-state index contributed by atoms with van der Waals surface area (Å²) < 4.78 is 5.61. The lowest BCUT2D eigenvalue weighted by Gasteiger charge is -2.31. The molecule has 1 unspecified atom stereocenters. The summed E-state index contributed by atoms with van der Waals surface area (Å²) in [7, 11) is 1.39. The summed E-state index contributed by atoms with van der Waals surface area (Å²) in [6.07, 6.45) is 2.36. The van der Waals surface area contributed by atoms with Gasteiger partial charge in [0.2, 0.25) is 12.3 Å². The average molecular weight is 375 g/mol. The van der Waals surface area contributed by atoms with Crippen LogP contribution in [0.5, 0.6) is 0 Å². The lowest BCUT2D eigenvalue weighted by Crippen LogP contribution is -2.52. The van der Waals surface area contributed by atoms with Crippen molar-refractivity contribution in [1.82, 2.24) is 20.2 Å². The van der Waals surface area contributed by atoms with E-state index in [9.17, 15) is 9.90 Å². The van der Waals surface area contributed by atoms with Crippen LogP contribution in [0.2, 0.25) is 0 Å². The lowest BCUT2D eigenvalue weighted by atomic mass is 10.0. The highest BCUT2D eigenvalue weighted by atomic mass is 79.9. The van der Waals surface area contributed by atoms with Crippen molar-refractivity contribution in [1.29, 1.82) is 0 Å². The minimum absolute atomic E-state index is 0.0295. The number of likely N-dealkylation sites (tertiary alicyclic amines) is 1. The number of halogens is 1. The molecule has 1 aromatic heterocycles. The Labute approximate surface area is 138 Å². The first-order valence-electron chi connectivity index (χ1n) is 7.41. The molecule has 2 rings (SSSR count). The second kappa shape index (κ2) is 7.54. The molecule has 8 heteroatoms. The van der Waals surface area contributed by atoms with Crippen molar-refractivity contribution in [3.63, 3.8) is 0 Å². The van der Waals surface area contributed by atoms with Crippen LogP contribution in [0, 0.1) is 5.92 Å². The normalized spacial score (nSPS) is 21.4. The quantitative estimate of drug-likeness (QED) is 0.654. The van der Waals surface area contributed by atoms with Gasteiger partial charge in [0.25, 0.3) is 0 Å². The Hall–Kier alpha value is -0.960. The van der Waals surface area contributed by atoms with Crippen LogP contribution in [0.3, 0.4) is 0 Å². The fourth-order valence-electron chi connectivity index (χ4n) is 2.75. The number of methoxy groups -OCH3 is 1. The zero-order valence-electron chi connectivity index (χ0n) is 13.0. The standard InChI is InChI=1S/C14H23BrN4O3/c1-8(2)11(18-14(21)22-3)13(20)19-6-4-5-9(19)12-16-7-10(15)17-12/h7-9,11,14,18,21H,4-6H2,1-3H3,(H,16,17)/t9-,11-,14?/m0/s1. The van der Waals surface area contributed by atoms with E-state index in [1.165, 1.54) is 7.11 Å². The number of carbonyl (C=O) groups excluding carboxylic acids is 1. The Kier molecular flexibility index (Phi) is 5.96. The number of aromatic nitrogens is 2. The van der Waals surface area contributed by atoms with Crippen molar-refractivity contribution in [2.45, 2.75) is 45.2 Å². The average Bonchev–Trinajstić information content (AvgIpc) is 3.11. The number of hydrogen-bond acceptors (Lipinski definition) is 5. The number of carbonyl (C=O) groups is 1. The Morgan fingerprint density at radius 2 is 2.36 bits per heavy atom. The van der Waals surface area contributed by atoms with E-state index in [-0.39, 0.29) is 17.9 Å². The molecule has 3 N–H and O–H groups in total. The van der Waals surface area contributed by atoms with E-state index < -0.39 is 12.5 Å². The molecule has 22 heavy (non-hydrogen) atoms. The Bertz CT molecular complexity index is 508. The second-order valence-corrected chi connectivity index (χ2v) is 6.64. The molecule has 0 bridgehead atoms. The van der Waals surface area contributed by atoms with Crippen LogP contribution in [0.25, 0.3) is 0 Å². The topological polar surface area (TPSA) is 90.5 Å². The summed E-state index contributed by atoms with van der Waals surface area (Å²) in [4.78, 5) is 22.2. The number of imidazole rings is 1. The number of aliphatic hydroxyl groups excluding tert-OH is 1. The van der Waals surface area contributed by atoms with Gasteiger partial charge in [-0.1, -0.05) is 13.8 Å². The van der Waals surface area contributed by atoms with Crippen molar-refractivity contribution in [2.75, 3.05) is 13.7 Å². The molecule has 1 aliphatic heterocycles. The molecule has 2 heterocycles. The molecule has 0 saturated carbocycles. The second-order valence-electron chi connectivity index (χ2n) is 5.78. The minimum Gasteiger partial charge on any atom is -0.356 e. The van der Waals surface area contributed by atoms with Crippen LogP contribution in [-0.4, -0.2) is 52.0 Å². The highest BCUT2D eigenvalue weighted by Crippen LogP contribution is 2.31. The van der Waals surface area contributed by atoms with Crippen LogP contribution in [0.1, 0.15) is 38.6 Å². The summed E-state index contributed by atoms with van der Waals surface area (Å²) >= 11 is 3.35. The highest BCUT2D eigenvalue weighted by molar-refractivity contribution is 9.10. The highest BCUT2D eigenvalue weighted by Gasteiger charge is 2.37. The molecule has 7 nitrogen and oxygen atoms in total. The summed E-state index contributed by atoms with van der Waals surface area (Å²) in [6.45, 7) is 4.56. The zero-order chi connectivity index (χ0) is 16.3. The predicted octanol–water partition coefficient (Wildman–Crippen LogP) is 1.37. The van der Waals surface area contributed by atoms with Gasteiger partial charge in [0, 0.05) is 13.7 Å². The van der Waals surface area contributed by atoms with Gasteiger partial charge in [-0.2, -0.15) is 0 Å². The fraction of sp³-hybridized carbons (Fsp3) is 0.714. The maximum Gasteiger partial charge on any atom is 0.240 e. The maximum atomic E-state index is 12.9. The van der Waals surface area contributed by atoms with E-state index in [0.717, 1.165) is 23.3 Å². The molecule has 1 aliphatic rings. The summed E-state index contributed by atoms with van der Waals surface area (Å²) in [6, 6.07) is -0.560. The number of nitrogens with zero attached hydrogens (tertiary/aromatic N) is 2. The van der Waals surface area contributed by atoms with Crippen LogP contribution in [-0.2, 0) is 9.53 Å². The van der Waals surface area contributed by atoms with E-state index in [1.807, 2.05) is 18.7 Å². The van der Waals surface area contributed by atoms with Crippen molar-refractivity contribution in [3.8, 4) is 0 Å². The monoisotopic (exact) mass is 374 g/mol. The van der Waals surface area contributed by atoms with E-state index in [0.29, 0.717) is 6.54 Å². The summed E-state index contributed by atoms with van der Waals surface area (Å²) in [5.74, 6) is 0.774. The summed E-state index contributed by atoms with van der Waals surface area (Å²) in [5.41, 5.74) is 0. The van der Waals surface area contributed by atoms with Gasteiger partial charge in [-0.05, 0) is 34.7 Å². The van der Waals surface area contributed by atoms with E-state index in [4.69, 9.17) is 4.74 Å². The minimum atomic E-state index is -1.16. The van der Waals surface area contributed by atoms with Crippen molar-refractivity contribution in [3.05, 3.63) is 16.6 Å². The third kappa shape index (κ3) is 3.87. The number of aliphatic hydroxyl groups is 1. The molecule has 1 aromatic rings. The third-order valence-corrected chi connectivity index (χ3v) is 4.30. The van der Waals surface area contributed by atoms with Gasteiger partial charge in [0.15, 0.2) is 0 Å². The van der Waals surface area contributed by atoms with Gasteiger partial charge >= 0.3 is 0 Å². The third-order valence-electron chi connectivity index (χ3n) is 3.89. The number of amides is 1. The van der Waals surface area contributed by atoms with Crippen molar-refractivity contribution < 1.29 is 14.6 Å². The van der Waals surface area contributed by atoms with E-state index >= 15 is 0 Å². The van der Waals surface area contributed by atoms with Crippen molar-refractivity contribution >= 4 is 21.8 Å². The first kappa shape index (κ1) is 17.4. The van der Waals surface area contributed by atoms with E-state index in [1.54, 1.807) is 6.20 Å². The molecular weight excluding hydrogens is 352 g/mol. The molecule has 0 radical (unpaired) electrons. The van der Waals surface area contributed by atoms with Gasteiger partial charge in [-0.15, -0.1) is 0 Å². The van der Waals surface area contributed by atoms with Crippen molar-refractivity contribution in [2.24, 2.45) is 5.92 Å². The van der Waals surface area contributed by atoms with Gasteiger partial charge in [0.05, 0.1) is 18.3 Å². The number of hydrogen-bond donors (Lipinski definition) is 3. The Morgan fingerprint density at radius 3 is 2.91 bits per heavy atom. The maximum absolute atomic E-state index is 12.9. The Balaban J connectivity index is 2.14. The van der Waals surface area contributed by atoms with Crippen LogP contribution < -0.4 is 5.32 Å². The molecule has 124 valence electrons. The smallest absolute Gasteiger partial charge is 0.240 e. The number of ether oxygens (including phenoxy) is 1. The molecule has 0 aromatic carbocycles.